The highest BCUT2D eigenvalue weighted by Crippen LogP contribution is 2.18. The minimum absolute atomic E-state index is 0.206. The van der Waals surface area contributed by atoms with E-state index in [0.29, 0.717) is 13.2 Å². The highest BCUT2D eigenvalue weighted by Gasteiger charge is 2.29. The third-order valence-corrected chi connectivity index (χ3v) is 3.27. The van der Waals surface area contributed by atoms with Crippen molar-refractivity contribution in [2.75, 3.05) is 18.5 Å². The van der Waals surface area contributed by atoms with Crippen LogP contribution in [0.3, 0.4) is 0 Å². The van der Waals surface area contributed by atoms with Gasteiger partial charge in [0.2, 0.25) is 0 Å². The lowest BCUT2D eigenvalue weighted by atomic mass is 9.95. The van der Waals surface area contributed by atoms with E-state index in [2.05, 4.69) is 10.6 Å². The second-order valence-electron chi connectivity index (χ2n) is 5.20. The van der Waals surface area contributed by atoms with Crippen LogP contribution in [0, 0.1) is 0 Å². The van der Waals surface area contributed by atoms with Gasteiger partial charge in [0, 0.05) is 18.8 Å². The van der Waals surface area contributed by atoms with Crippen LogP contribution in [-0.2, 0) is 11.3 Å². The Labute approximate surface area is 113 Å². The average Bonchev–Trinajstić information content (AvgIpc) is 2.39. The van der Waals surface area contributed by atoms with E-state index < -0.39 is 0 Å². The van der Waals surface area contributed by atoms with Crippen molar-refractivity contribution in [1.82, 2.24) is 5.32 Å². The van der Waals surface area contributed by atoms with Gasteiger partial charge in [-0.15, -0.1) is 0 Å². The van der Waals surface area contributed by atoms with E-state index in [1.165, 1.54) is 0 Å². The molecule has 104 valence electrons. The molecule has 1 aromatic rings. The third kappa shape index (κ3) is 3.94. The number of urea groups is 1. The Morgan fingerprint density at radius 1 is 1.53 bits per heavy atom. The number of ether oxygens (including phenoxy) is 1. The van der Waals surface area contributed by atoms with E-state index in [1.807, 2.05) is 31.2 Å². The predicted molar refractivity (Wildman–Crippen MR) is 74.9 cm³/mol. The molecule has 1 aliphatic heterocycles. The van der Waals surface area contributed by atoms with Crippen LogP contribution in [0.4, 0.5) is 10.5 Å². The van der Waals surface area contributed by atoms with Crippen LogP contribution in [0.25, 0.3) is 0 Å². The Morgan fingerprint density at radius 2 is 2.37 bits per heavy atom. The molecule has 5 nitrogen and oxygen atoms in total. The summed E-state index contributed by atoms with van der Waals surface area (Å²) < 4.78 is 5.41. The maximum Gasteiger partial charge on any atom is 0.319 e. The maximum atomic E-state index is 12.0. The molecule has 1 heterocycles. The lowest BCUT2D eigenvalue weighted by Gasteiger charge is -2.34. The van der Waals surface area contributed by atoms with Gasteiger partial charge in [0.15, 0.2) is 0 Å². The highest BCUT2D eigenvalue weighted by molar-refractivity contribution is 5.89. The number of amides is 2. The topological polar surface area (TPSA) is 76.4 Å². The lowest BCUT2D eigenvalue weighted by Crippen LogP contribution is -2.52. The standard InChI is InChI=1S/C14H21N3O2/c1-14(6-3-7-19-10-14)17-13(18)16-12-5-2-4-11(8-12)9-15/h2,4-5,8H,3,6-7,9-10,15H2,1H3,(H2,16,17,18). The van der Waals surface area contributed by atoms with Gasteiger partial charge in [0.25, 0.3) is 0 Å². The van der Waals surface area contributed by atoms with E-state index >= 15 is 0 Å². The summed E-state index contributed by atoms with van der Waals surface area (Å²) >= 11 is 0. The summed E-state index contributed by atoms with van der Waals surface area (Å²) in [6.45, 7) is 3.80. The predicted octanol–water partition coefficient (Wildman–Crippen LogP) is 1.84. The quantitative estimate of drug-likeness (QED) is 0.778. The van der Waals surface area contributed by atoms with Crippen LogP contribution in [0.2, 0.25) is 0 Å². The van der Waals surface area contributed by atoms with Gasteiger partial charge in [0.05, 0.1) is 12.1 Å². The van der Waals surface area contributed by atoms with Crippen molar-refractivity contribution >= 4 is 11.7 Å². The average molecular weight is 263 g/mol. The summed E-state index contributed by atoms with van der Waals surface area (Å²) in [5.41, 5.74) is 7.03. The highest BCUT2D eigenvalue weighted by atomic mass is 16.5. The Kier molecular flexibility index (Phi) is 4.39. The SMILES string of the molecule is CC1(NC(=O)Nc2cccc(CN)c2)CCCOC1. The number of nitrogens with one attached hydrogen (secondary N) is 2. The maximum absolute atomic E-state index is 12.0. The molecule has 0 bridgehead atoms. The van der Waals surface area contributed by atoms with Gasteiger partial charge in [0.1, 0.15) is 0 Å². The fourth-order valence-corrected chi connectivity index (χ4v) is 2.25. The van der Waals surface area contributed by atoms with Crippen LogP contribution in [0.15, 0.2) is 24.3 Å². The Balaban J connectivity index is 1.93. The number of nitrogens with two attached hydrogens (primary N) is 1. The van der Waals surface area contributed by atoms with Crippen molar-refractivity contribution < 1.29 is 9.53 Å². The molecule has 0 spiro atoms. The molecule has 1 aliphatic rings. The second kappa shape index (κ2) is 6.04. The number of anilines is 1. The molecule has 0 aliphatic carbocycles. The molecule has 0 aromatic heterocycles. The van der Waals surface area contributed by atoms with Gasteiger partial charge in [-0.25, -0.2) is 4.79 Å². The summed E-state index contributed by atoms with van der Waals surface area (Å²) in [4.78, 5) is 12.0. The number of carbonyl (C=O) groups excluding carboxylic acids is 1. The molecular formula is C14H21N3O2. The molecule has 1 fully saturated rings. The molecule has 1 aromatic carbocycles. The largest absolute Gasteiger partial charge is 0.379 e. The van der Waals surface area contributed by atoms with E-state index in [1.54, 1.807) is 0 Å². The van der Waals surface area contributed by atoms with E-state index in [4.69, 9.17) is 10.5 Å². The van der Waals surface area contributed by atoms with E-state index in [-0.39, 0.29) is 11.6 Å². The number of carbonyl (C=O) groups is 1. The van der Waals surface area contributed by atoms with Crippen LogP contribution < -0.4 is 16.4 Å². The van der Waals surface area contributed by atoms with Crippen molar-refractivity contribution in [3.63, 3.8) is 0 Å². The number of hydrogen-bond donors (Lipinski definition) is 3. The fraction of sp³-hybridized carbons (Fsp3) is 0.500. The summed E-state index contributed by atoms with van der Waals surface area (Å²) in [6.07, 6.45) is 1.91. The molecule has 5 heteroatoms. The second-order valence-corrected chi connectivity index (χ2v) is 5.20. The van der Waals surface area contributed by atoms with Crippen molar-refractivity contribution in [1.29, 1.82) is 0 Å². The van der Waals surface area contributed by atoms with Crippen molar-refractivity contribution in [2.24, 2.45) is 5.73 Å². The minimum Gasteiger partial charge on any atom is -0.379 e. The zero-order valence-corrected chi connectivity index (χ0v) is 11.2. The van der Waals surface area contributed by atoms with Gasteiger partial charge >= 0.3 is 6.03 Å². The zero-order valence-electron chi connectivity index (χ0n) is 11.2. The number of benzene rings is 1. The van der Waals surface area contributed by atoms with Gasteiger partial charge < -0.3 is 21.1 Å². The smallest absolute Gasteiger partial charge is 0.319 e. The monoisotopic (exact) mass is 263 g/mol. The first-order valence-corrected chi connectivity index (χ1v) is 6.57. The number of rotatable bonds is 3. The number of hydrogen-bond acceptors (Lipinski definition) is 3. The molecule has 0 radical (unpaired) electrons. The minimum atomic E-state index is -0.284. The normalized spacial score (nSPS) is 22.8. The molecule has 2 rings (SSSR count). The molecule has 4 N–H and O–H groups in total. The molecule has 1 unspecified atom stereocenters. The first-order chi connectivity index (χ1) is 9.11. The molecule has 2 amide bonds. The fourth-order valence-electron chi connectivity index (χ4n) is 2.25. The van der Waals surface area contributed by atoms with Crippen LogP contribution >= 0.6 is 0 Å². The Hall–Kier alpha value is -1.59. The summed E-state index contributed by atoms with van der Waals surface area (Å²) in [5, 5.41) is 5.80. The van der Waals surface area contributed by atoms with Gasteiger partial charge in [-0.05, 0) is 37.5 Å². The Bertz CT molecular complexity index is 442. The van der Waals surface area contributed by atoms with Gasteiger partial charge in [-0.1, -0.05) is 12.1 Å². The molecule has 0 saturated carbocycles. The lowest BCUT2D eigenvalue weighted by molar-refractivity contribution is 0.0342. The summed E-state index contributed by atoms with van der Waals surface area (Å²) in [6, 6.07) is 7.32. The first-order valence-electron chi connectivity index (χ1n) is 6.57. The zero-order chi connectivity index (χ0) is 13.7. The van der Waals surface area contributed by atoms with Gasteiger partial charge in [-0.2, -0.15) is 0 Å². The van der Waals surface area contributed by atoms with Crippen LogP contribution in [0.1, 0.15) is 25.3 Å². The molecule has 19 heavy (non-hydrogen) atoms. The summed E-state index contributed by atoms with van der Waals surface area (Å²) in [7, 11) is 0. The molecule has 1 atom stereocenters. The van der Waals surface area contributed by atoms with Crippen LogP contribution in [-0.4, -0.2) is 24.8 Å². The van der Waals surface area contributed by atoms with Gasteiger partial charge in [-0.3, -0.25) is 0 Å². The molecular weight excluding hydrogens is 242 g/mol. The van der Waals surface area contributed by atoms with Crippen molar-refractivity contribution in [3.05, 3.63) is 29.8 Å². The van der Waals surface area contributed by atoms with E-state index in [9.17, 15) is 4.79 Å². The summed E-state index contributed by atoms with van der Waals surface area (Å²) in [5.74, 6) is 0. The first kappa shape index (κ1) is 13.8. The van der Waals surface area contributed by atoms with E-state index in [0.717, 1.165) is 30.7 Å². The van der Waals surface area contributed by atoms with Crippen molar-refractivity contribution in [2.45, 2.75) is 31.8 Å². The Morgan fingerprint density at radius 3 is 3.05 bits per heavy atom. The van der Waals surface area contributed by atoms with Crippen LogP contribution in [0.5, 0.6) is 0 Å². The molecule has 1 saturated heterocycles. The third-order valence-electron chi connectivity index (χ3n) is 3.27. The van der Waals surface area contributed by atoms with Crippen molar-refractivity contribution in [3.8, 4) is 0 Å².